The summed E-state index contributed by atoms with van der Waals surface area (Å²) in [6.45, 7) is 0.191. The van der Waals surface area contributed by atoms with Crippen molar-refractivity contribution in [2.24, 2.45) is 0 Å². The minimum atomic E-state index is -0.833. The topological polar surface area (TPSA) is 79.7 Å². The maximum absolute atomic E-state index is 13.2. The van der Waals surface area contributed by atoms with Gasteiger partial charge in [-0.3, -0.25) is 14.6 Å². The van der Waals surface area contributed by atoms with Crippen molar-refractivity contribution >= 4 is 29.1 Å². The minimum Gasteiger partial charge on any atom is -0.507 e. The fourth-order valence-electron chi connectivity index (χ4n) is 3.86. The van der Waals surface area contributed by atoms with Crippen molar-refractivity contribution in [3.8, 4) is 5.75 Å². The number of Topliss-reactive ketones (excluding diaryl/α,β-unsaturated/α-hetero) is 1. The van der Waals surface area contributed by atoms with E-state index >= 15 is 0 Å². The van der Waals surface area contributed by atoms with Crippen LogP contribution in [0, 0.1) is 5.82 Å². The largest absolute Gasteiger partial charge is 0.507 e. The maximum atomic E-state index is 13.2. The highest BCUT2D eigenvalue weighted by atomic mass is 35.5. The highest BCUT2D eigenvalue weighted by Crippen LogP contribution is 2.40. The Balaban J connectivity index is 1.77. The lowest BCUT2D eigenvalue weighted by Gasteiger charge is -2.25. The van der Waals surface area contributed by atoms with Crippen LogP contribution in [0.2, 0.25) is 5.02 Å². The van der Waals surface area contributed by atoms with Gasteiger partial charge >= 0.3 is 0 Å². The number of likely N-dealkylation sites (tertiary alicyclic amines) is 1. The van der Waals surface area contributed by atoms with Crippen molar-refractivity contribution in [2.45, 2.75) is 12.5 Å². The Morgan fingerprint density at radius 1 is 1.18 bits per heavy atom. The molecule has 1 unspecified atom stereocenters. The molecule has 33 heavy (non-hydrogen) atoms. The highest BCUT2D eigenvalue weighted by Gasteiger charge is 2.46. The summed E-state index contributed by atoms with van der Waals surface area (Å²) in [5.74, 6) is -1.89. The Labute approximate surface area is 194 Å². The molecule has 1 amide bonds. The van der Waals surface area contributed by atoms with Gasteiger partial charge in [0.15, 0.2) is 0 Å². The number of aliphatic hydroxyl groups excluding tert-OH is 1. The smallest absolute Gasteiger partial charge is 0.295 e. The van der Waals surface area contributed by atoms with E-state index in [4.69, 9.17) is 16.3 Å². The number of benzene rings is 2. The van der Waals surface area contributed by atoms with E-state index in [1.807, 2.05) is 0 Å². The molecule has 1 aromatic heterocycles. The van der Waals surface area contributed by atoms with Gasteiger partial charge in [-0.2, -0.15) is 0 Å². The van der Waals surface area contributed by atoms with Crippen molar-refractivity contribution in [1.29, 1.82) is 0 Å². The quantitative estimate of drug-likeness (QED) is 0.327. The number of ether oxygens (including phenoxy) is 1. The second-order valence-corrected chi connectivity index (χ2v) is 7.91. The van der Waals surface area contributed by atoms with Gasteiger partial charge in [-0.15, -0.1) is 0 Å². The van der Waals surface area contributed by atoms with Crippen molar-refractivity contribution in [3.05, 3.63) is 100 Å². The van der Waals surface area contributed by atoms with E-state index in [1.165, 1.54) is 30.2 Å². The molecule has 168 valence electrons. The molecule has 0 bridgehead atoms. The molecular weight excluding hydrogens is 447 g/mol. The zero-order valence-corrected chi connectivity index (χ0v) is 18.4. The number of ketones is 1. The van der Waals surface area contributed by atoms with Gasteiger partial charge in [0, 0.05) is 24.5 Å². The van der Waals surface area contributed by atoms with E-state index in [9.17, 15) is 19.1 Å². The molecule has 1 atom stereocenters. The molecule has 0 spiro atoms. The van der Waals surface area contributed by atoms with E-state index in [0.717, 1.165) is 5.56 Å². The molecule has 2 heterocycles. The number of nitrogens with zero attached hydrogens (tertiary/aromatic N) is 2. The number of amides is 1. The van der Waals surface area contributed by atoms with Crippen LogP contribution in [0.25, 0.3) is 5.76 Å². The first-order valence-corrected chi connectivity index (χ1v) is 10.5. The Morgan fingerprint density at radius 2 is 1.94 bits per heavy atom. The number of hydrogen-bond donors (Lipinski definition) is 1. The maximum Gasteiger partial charge on any atom is 0.295 e. The van der Waals surface area contributed by atoms with Gasteiger partial charge < -0.3 is 14.7 Å². The first-order chi connectivity index (χ1) is 15.9. The van der Waals surface area contributed by atoms with Crippen molar-refractivity contribution in [2.75, 3.05) is 13.7 Å². The van der Waals surface area contributed by atoms with Gasteiger partial charge in [0.1, 0.15) is 17.3 Å². The number of pyridine rings is 1. The molecule has 4 rings (SSSR count). The highest BCUT2D eigenvalue weighted by molar-refractivity contribution is 6.46. The number of rotatable bonds is 6. The van der Waals surface area contributed by atoms with Crippen LogP contribution >= 0.6 is 11.6 Å². The van der Waals surface area contributed by atoms with E-state index in [0.29, 0.717) is 28.3 Å². The predicted octanol–water partition coefficient (Wildman–Crippen LogP) is 4.55. The standard InChI is InChI=1S/C25H20ClFN2O4/c1-33-20-13-16(6-9-19(20)26)23(30)21-22(17-3-2-11-28-14-17)29(25(32)24(21)31)12-10-15-4-7-18(27)8-5-15/h2-9,11,13-14,22,30H,10,12H2,1H3/b23-21-. The average molecular weight is 467 g/mol. The molecule has 6 nitrogen and oxygen atoms in total. The number of hydrogen-bond acceptors (Lipinski definition) is 5. The Kier molecular flexibility index (Phi) is 6.42. The Hall–Kier alpha value is -3.71. The molecule has 1 N–H and O–H groups in total. The molecule has 1 aliphatic heterocycles. The lowest BCUT2D eigenvalue weighted by molar-refractivity contribution is -0.139. The predicted molar refractivity (Wildman–Crippen MR) is 121 cm³/mol. The van der Waals surface area contributed by atoms with Gasteiger partial charge in [-0.05, 0) is 53.9 Å². The third-order valence-electron chi connectivity index (χ3n) is 5.52. The van der Waals surface area contributed by atoms with Gasteiger partial charge in [0.2, 0.25) is 0 Å². The number of aliphatic hydroxyl groups is 1. The summed E-state index contributed by atoms with van der Waals surface area (Å²) in [5.41, 5.74) is 1.64. The molecule has 0 radical (unpaired) electrons. The van der Waals surface area contributed by atoms with Crippen molar-refractivity contribution in [1.82, 2.24) is 9.88 Å². The SMILES string of the molecule is COc1cc(/C(O)=C2/C(=O)C(=O)N(CCc3ccc(F)cc3)C2c2cccnc2)ccc1Cl. The van der Waals surface area contributed by atoms with E-state index in [1.54, 1.807) is 48.8 Å². The Morgan fingerprint density at radius 3 is 2.61 bits per heavy atom. The second-order valence-electron chi connectivity index (χ2n) is 7.50. The summed E-state index contributed by atoms with van der Waals surface area (Å²) < 4.78 is 18.4. The summed E-state index contributed by atoms with van der Waals surface area (Å²) in [4.78, 5) is 31.6. The number of methoxy groups -OCH3 is 1. The molecule has 3 aromatic rings. The number of aromatic nitrogens is 1. The number of carbonyl (C=O) groups excluding carboxylic acids is 2. The first-order valence-electron chi connectivity index (χ1n) is 10.2. The van der Waals surface area contributed by atoms with Crippen LogP contribution < -0.4 is 4.74 Å². The number of halogens is 2. The van der Waals surface area contributed by atoms with E-state index in [2.05, 4.69) is 4.98 Å². The zero-order valence-electron chi connectivity index (χ0n) is 17.7. The molecule has 2 aromatic carbocycles. The normalized spacial score (nSPS) is 17.4. The fourth-order valence-corrected chi connectivity index (χ4v) is 4.05. The van der Waals surface area contributed by atoms with E-state index in [-0.39, 0.29) is 23.7 Å². The third kappa shape index (κ3) is 4.45. The van der Waals surface area contributed by atoms with Crippen LogP contribution in [-0.4, -0.2) is 40.3 Å². The molecule has 1 saturated heterocycles. The monoisotopic (exact) mass is 466 g/mol. The number of carbonyl (C=O) groups is 2. The van der Waals surface area contributed by atoms with Gasteiger partial charge in [-0.1, -0.05) is 29.8 Å². The van der Waals surface area contributed by atoms with Gasteiger partial charge in [0.25, 0.3) is 11.7 Å². The summed E-state index contributed by atoms with van der Waals surface area (Å²) in [5, 5.41) is 11.4. The second kappa shape index (κ2) is 9.42. The summed E-state index contributed by atoms with van der Waals surface area (Å²) in [6, 6.07) is 13.1. The van der Waals surface area contributed by atoms with Gasteiger partial charge in [-0.25, -0.2) is 4.39 Å². The van der Waals surface area contributed by atoms with Crippen LogP contribution in [0.3, 0.4) is 0 Å². The third-order valence-corrected chi connectivity index (χ3v) is 5.83. The van der Waals surface area contributed by atoms with Crippen LogP contribution in [0.1, 0.15) is 22.7 Å². The summed E-state index contributed by atoms with van der Waals surface area (Å²) in [7, 11) is 1.44. The molecular formula is C25H20ClFN2O4. The fraction of sp³-hybridized carbons (Fsp3) is 0.160. The zero-order chi connectivity index (χ0) is 23.5. The van der Waals surface area contributed by atoms with Crippen LogP contribution in [-0.2, 0) is 16.0 Å². The molecule has 1 fully saturated rings. The van der Waals surface area contributed by atoms with Crippen molar-refractivity contribution < 1.29 is 23.8 Å². The molecule has 8 heteroatoms. The van der Waals surface area contributed by atoms with Gasteiger partial charge in [0.05, 0.1) is 23.7 Å². The summed E-state index contributed by atoms with van der Waals surface area (Å²) in [6.07, 6.45) is 3.54. The minimum absolute atomic E-state index is 0.0449. The first kappa shape index (κ1) is 22.5. The lowest BCUT2D eigenvalue weighted by atomic mass is 9.96. The average Bonchev–Trinajstić information content (AvgIpc) is 3.09. The Bertz CT molecular complexity index is 1230. The van der Waals surface area contributed by atoms with Crippen molar-refractivity contribution in [3.63, 3.8) is 0 Å². The van der Waals surface area contributed by atoms with E-state index < -0.39 is 17.7 Å². The summed E-state index contributed by atoms with van der Waals surface area (Å²) >= 11 is 6.09. The lowest BCUT2D eigenvalue weighted by Crippen LogP contribution is -2.31. The molecule has 1 aliphatic rings. The molecule has 0 aliphatic carbocycles. The molecule has 0 saturated carbocycles. The van der Waals surface area contributed by atoms with Crippen LogP contribution in [0.4, 0.5) is 4.39 Å². The van der Waals surface area contributed by atoms with Crippen LogP contribution in [0.15, 0.2) is 72.6 Å². The van der Waals surface area contributed by atoms with Crippen LogP contribution in [0.5, 0.6) is 5.75 Å².